The van der Waals surface area contributed by atoms with Gasteiger partial charge in [0, 0.05) is 24.3 Å². The summed E-state index contributed by atoms with van der Waals surface area (Å²) >= 11 is 0. The largest absolute Gasteiger partial charge is 0.369 e. The van der Waals surface area contributed by atoms with E-state index in [2.05, 4.69) is 55.3 Å². The molecule has 1 fully saturated rings. The van der Waals surface area contributed by atoms with Crippen molar-refractivity contribution in [3.63, 3.8) is 0 Å². The summed E-state index contributed by atoms with van der Waals surface area (Å²) in [4.78, 5) is 2.50. The molecule has 1 unspecified atom stereocenters. The van der Waals surface area contributed by atoms with Crippen molar-refractivity contribution < 1.29 is 0 Å². The second-order valence-electron chi connectivity index (χ2n) is 5.49. The third-order valence-corrected chi connectivity index (χ3v) is 3.78. The van der Waals surface area contributed by atoms with Crippen molar-refractivity contribution in [3.8, 4) is 0 Å². The zero-order valence-corrected chi connectivity index (χ0v) is 11.9. The van der Waals surface area contributed by atoms with Gasteiger partial charge in [-0.2, -0.15) is 0 Å². The van der Waals surface area contributed by atoms with Gasteiger partial charge in [-0.3, -0.25) is 0 Å². The van der Waals surface area contributed by atoms with Crippen molar-refractivity contribution in [2.75, 3.05) is 18.0 Å². The van der Waals surface area contributed by atoms with Gasteiger partial charge >= 0.3 is 0 Å². The molecule has 0 heterocycles. The molecule has 0 radical (unpaired) electrons. The zero-order valence-electron chi connectivity index (χ0n) is 11.9. The molecule has 18 heavy (non-hydrogen) atoms. The summed E-state index contributed by atoms with van der Waals surface area (Å²) in [5.41, 5.74) is 2.70. The predicted molar refractivity (Wildman–Crippen MR) is 79.3 cm³/mol. The van der Waals surface area contributed by atoms with Crippen LogP contribution in [0.4, 0.5) is 5.69 Å². The van der Waals surface area contributed by atoms with Crippen LogP contribution in [0.15, 0.2) is 24.3 Å². The van der Waals surface area contributed by atoms with Crippen LogP contribution in [0.25, 0.3) is 0 Å². The van der Waals surface area contributed by atoms with Gasteiger partial charge in [-0.15, -0.1) is 0 Å². The Labute approximate surface area is 111 Å². The maximum absolute atomic E-state index is 3.60. The Bertz CT molecular complexity index is 371. The lowest BCUT2D eigenvalue weighted by molar-refractivity contribution is 0.553. The molecular formula is C16H26N2. The Kier molecular flexibility index (Phi) is 4.65. The molecule has 2 heteroatoms. The van der Waals surface area contributed by atoms with E-state index in [-0.39, 0.29) is 0 Å². The summed E-state index contributed by atoms with van der Waals surface area (Å²) in [5.74, 6) is 0. The average molecular weight is 246 g/mol. The molecule has 100 valence electrons. The summed E-state index contributed by atoms with van der Waals surface area (Å²) in [6, 6.07) is 10.3. The third kappa shape index (κ3) is 3.74. The van der Waals surface area contributed by atoms with Crippen molar-refractivity contribution in [1.29, 1.82) is 0 Å². The number of nitrogens with zero attached hydrogens (tertiary/aromatic N) is 1. The highest BCUT2D eigenvalue weighted by Gasteiger charge is 2.20. The highest BCUT2D eigenvalue weighted by molar-refractivity contribution is 5.49. The van der Waals surface area contributed by atoms with Crippen LogP contribution in [0.2, 0.25) is 0 Å². The standard InChI is InChI=1S/C16H26N2/c1-4-18(16-7-5-6-13(2)12-16)14(3)10-11-17-15-8-9-15/h5-7,12,14-15,17H,4,8-11H2,1-3H3. The lowest BCUT2D eigenvalue weighted by Gasteiger charge is -2.30. The summed E-state index contributed by atoms with van der Waals surface area (Å²) in [6.45, 7) is 8.96. The van der Waals surface area contributed by atoms with Crippen molar-refractivity contribution in [1.82, 2.24) is 5.32 Å². The van der Waals surface area contributed by atoms with Crippen molar-refractivity contribution >= 4 is 5.69 Å². The molecule has 0 saturated heterocycles. The minimum absolute atomic E-state index is 0.600. The number of hydrogen-bond acceptors (Lipinski definition) is 2. The van der Waals surface area contributed by atoms with E-state index in [1.807, 2.05) is 0 Å². The molecule has 1 aromatic carbocycles. The summed E-state index contributed by atoms with van der Waals surface area (Å²) in [6.07, 6.45) is 3.98. The van der Waals surface area contributed by atoms with Gasteiger partial charge in [-0.05, 0) is 64.3 Å². The van der Waals surface area contributed by atoms with Crippen LogP contribution in [0.5, 0.6) is 0 Å². The SMILES string of the molecule is CCN(c1cccc(C)c1)C(C)CCNC1CC1. The smallest absolute Gasteiger partial charge is 0.0371 e. The molecule has 1 N–H and O–H groups in total. The van der Waals surface area contributed by atoms with Crippen LogP contribution >= 0.6 is 0 Å². The number of aryl methyl sites for hydroxylation is 1. The summed E-state index contributed by atoms with van der Waals surface area (Å²) in [5, 5.41) is 3.60. The Morgan fingerprint density at radius 1 is 1.39 bits per heavy atom. The van der Waals surface area contributed by atoms with Crippen molar-refractivity contribution in [3.05, 3.63) is 29.8 Å². The number of nitrogens with one attached hydrogen (secondary N) is 1. The van der Waals surface area contributed by atoms with Gasteiger partial charge in [0.1, 0.15) is 0 Å². The van der Waals surface area contributed by atoms with Crippen molar-refractivity contribution in [2.45, 2.75) is 52.1 Å². The van der Waals surface area contributed by atoms with E-state index in [1.54, 1.807) is 0 Å². The summed E-state index contributed by atoms with van der Waals surface area (Å²) < 4.78 is 0. The van der Waals surface area contributed by atoms with Gasteiger partial charge in [0.15, 0.2) is 0 Å². The van der Waals surface area contributed by atoms with Crippen LogP contribution in [-0.4, -0.2) is 25.2 Å². The van der Waals surface area contributed by atoms with Gasteiger partial charge in [0.25, 0.3) is 0 Å². The molecule has 0 aliphatic heterocycles. The Morgan fingerprint density at radius 2 is 2.17 bits per heavy atom. The minimum atomic E-state index is 0.600. The molecule has 2 rings (SSSR count). The monoisotopic (exact) mass is 246 g/mol. The Balaban J connectivity index is 1.89. The molecular weight excluding hydrogens is 220 g/mol. The van der Waals surface area contributed by atoms with Gasteiger partial charge < -0.3 is 10.2 Å². The molecule has 1 aliphatic rings. The van der Waals surface area contributed by atoms with E-state index < -0.39 is 0 Å². The topological polar surface area (TPSA) is 15.3 Å². The first-order valence-electron chi connectivity index (χ1n) is 7.27. The van der Waals surface area contributed by atoms with Crippen LogP contribution in [0, 0.1) is 6.92 Å². The Morgan fingerprint density at radius 3 is 2.78 bits per heavy atom. The molecule has 2 nitrogen and oxygen atoms in total. The number of anilines is 1. The summed E-state index contributed by atoms with van der Waals surface area (Å²) in [7, 11) is 0. The first-order valence-corrected chi connectivity index (χ1v) is 7.27. The minimum Gasteiger partial charge on any atom is -0.369 e. The van der Waals surface area contributed by atoms with E-state index in [4.69, 9.17) is 0 Å². The Hall–Kier alpha value is -1.02. The van der Waals surface area contributed by atoms with Crippen molar-refractivity contribution in [2.24, 2.45) is 0 Å². The van der Waals surface area contributed by atoms with Crippen LogP contribution in [0.1, 0.15) is 38.7 Å². The van der Waals surface area contributed by atoms with E-state index in [1.165, 1.54) is 30.5 Å². The fourth-order valence-electron chi connectivity index (χ4n) is 2.49. The molecule has 0 amide bonds. The third-order valence-electron chi connectivity index (χ3n) is 3.78. The second kappa shape index (κ2) is 6.24. The molecule has 1 atom stereocenters. The van der Waals surface area contributed by atoms with E-state index >= 15 is 0 Å². The fourth-order valence-corrected chi connectivity index (χ4v) is 2.49. The number of hydrogen-bond donors (Lipinski definition) is 1. The zero-order chi connectivity index (χ0) is 13.0. The van der Waals surface area contributed by atoms with E-state index in [0.29, 0.717) is 6.04 Å². The number of benzene rings is 1. The average Bonchev–Trinajstić information content (AvgIpc) is 3.14. The quantitative estimate of drug-likeness (QED) is 0.793. The predicted octanol–water partition coefficient (Wildman–Crippen LogP) is 3.35. The normalized spacial score (nSPS) is 16.6. The lowest BCUT2D eigenvalue weighted by atomic mass is 10.1. The molecule has 0 spiro atoms. The highest BCUT2D eigenvalue weighted by Crippen LogP contribution is 2.21. The van der Waals surface area contributed by atoms with Gasteiger partial charge in [0.05, 0.1) is 0 Å². The first kappa shape index (κ1) is 13.4. The van der Waals surface area contributed by atoms with Gasteiger partial charge in [0.2, 0.25) is 0 Å². The second-order valence-corrected chi connectivity index (χ2v) is 5.49. The molecule has 1 saturated carbocycles. The molecule has 0 bridgehead atoms. The van der Waals surface area contributed by atoms with Gasteiger partial charge in [-0.25, -0.2) is 0 Å². The maximum atomic E-state index is 3.60. The van der Waals surface area contributed by atoms with Crippen LogP contribution < -0.4 is 10.2 Å². The molecule has 0 aromatic heterocycles. The maximum Gasteiger partial charge on any atom is 0.0371 e. The molecule has 1 aliphatic carbocycles. The van der Waals surface area contributed by atoms with Crippen LogP contribution in [0.3, 0.4) is 0 Å². The number of rotatable bonds is 7. The van der Waals surface area contributed by atoms with Gasteiger partial charge in [-0.1, -0.05) is 12.1 Å². The van der Waals surface area contributed by atoms with E-state index in [9.17, 15) is 0 Å². The fraction of sp³-hybridized carbons (Fsp3) is 0.625. The highest BCUT2D eigenvalue weighted by atomic mass is 15.2. The first-order chi connectivity index (χ1) is 8.70. The lowest BCUT2D eigenvalue weighted by Crippen LogP contribution is -2.35. The van der Waals surface area contributed by atoms with E-state index in [0.717, 1.165) is 19.1 Å². The molecule has 1 aromatic rings. The van der Waals surface area contributed by atoms with Crippen LogP contribution in [-0.2, 0) is 0 Å².